The lowest BCUT2D eigenvalue weighted by molar-refractivity contribution is -0.123. The number of carbonyl (C=O) groups is 2. The van der Waals surface area contributed by atoms with E-state index in [1.54, 1.807) is 0 Å². The third-order valence-electron chi connectivity index (χ3n) is 2.62. The van der Waals surface area contributed by atoms with Gasteiger partial charge in [-0.15, -0.1) is 0 Å². The van der Waals surface area contributed by atoms with Gasteiger partial charge in [-0.25, -0.2) is 0 Å². The minimum Gasteiger partial charge on any atom is -0.354 e. The van der Waals surface area contributed by atoms with Gasteiger partial charge < -0.3 is 16.0 Å². The van der Waals surface area contributed by atoms with Gasteiger partial charge in [0.25, 0.3) is 0 Å². The summed E-state index contributed by atoms with van der Waals surface area (Å²) >= 11 is 0. The fraction of sp³-hybridized carbons (Fsp3) is 0.857. The first-order chi connectivity index (χ1) is 8.91. The van der Waals surface area contributed by atoms with Gasteiger partial charge in [0.1, 0.15) is 0 Å². The third kappa shape index (κ3) is 13.1. The van der Waals surface area contributed by atoms with Crippen LogP contribution < -0.4 is 16.0 Å². The number of nitrogens with one attached hydrogen (secondary N) is 3. The molecule has 0 aromatic carbocycles. The van der Waals surface area contributed by atoms with Crippen LogP contribution in [0.3, 0.4) is 0 Å². The fourth-order valence-corrected chi connectivity index (χ4v) is 1.47. The summed E-state index contributed by atoms with van der Waals surface area (Å²) in [5.41, 5.74) is 0. The third-order valence-corrected chi connectivity index (χ3v) is 2.62. The summed E-state index contributed by atoms with van der Waals surface area (Å²) in [6.07, 6.45) is 1.93. The molecule has 0 aliphatic rings. The highest BCUT2D eigenvalue weighted by molar-refractivity contribution is 5.77. The molecule has 0 aliphatic heterocycles. The van der Waals surface area contributed by atoms with Crippen LogP contribution in [0, 0.1) is 5.92 Å². The highest BCUT2D eigenvalue weighted by Gasteiger charge is 2.04. The van der Waals surface area contributed by atoms with Gasteiger partial charge in [0.2, 0.25) is 11.8 Å². The maximum atomic E-state index is 11.4. The van der Waals surface area contributed by atoms with Crippen LogP contribution in [0.1, 0.15) is 47.0 Å². The van der Waals surface area contributed by atoms with Crippen molar-refractivity contribution in [1.29, 1.82) is 0 Å². The van der Waals surface area contributed by atoms with Gasteiger partial charge >= 0.3 is 0 Å². The zero-order chi connectivity index (χ0) is 14.7. The molecule has 0 saturated carbocycles. The van der Waals surface area contributed by atoms with Gasteiger partial charge in [-0.1, -0.05) is 27.7 Å². The van der Waals surface area contributed by atoms with Crippen LogP contribution in [0.5, 0.6) is 0 Å². The van der Waals surface area contributed by atoms with Crippen molar-refractivity contribution in [2.24, 2.45) is 5.92 Å². The molecule has 0 heterocycles. The predicted octanol–water partition coefficient (Wildman–Crippen LogP) is 1.04. The zero-order valence-corrected chi connectivity index (χ0v) is 12.7. The van der Waals surface area contributed by atoms with E-state index in [4.69, 9.17) is 0 Å². The van der Waals surface area contributed by atoms with E-state index < -0.39 is 0 Å². The van der Waals surface area contributed by atoms with Crippen molar-refractivity contribution in [1.82, 2.24) is 16.0 Å². The lowest BCUT2D eigenvalue weighted by atomic mass is 10.1. The molecule has 0 bridgehead atoms. The topological polar surface area (TPSA) is 70.2 Å². The molecule has 5 nitrogen and oxygen atoms in total. The Hall–Kier alpha value is -1.10. The van der Waals surface area contributed by atoms with Crippen molar-refractivity contribution in [2.75, 3.05) is 19.6 Å². The lowest BCUT2D eigenvalue weighted by Gasteiger charge is -2.09. The van der Waals surface area contributed by atoms with Gasteiger partial charge in [-0.05, 0) is 12.3 Å². The summed E-state index contributed by atoms with van der Waals surface area (Å²) < 4.78 is 0. The minimum absolute atomic E-state index is 0.0181. The van der Waals surface area contributed by atoms with E-state index in [1.807, 2.05) is 13.8 Å². The number of rotatable bonds is 10. The van der Waals surface area contributed by atoms with Gasteiger partial charge in [0.05, 0.1) is 0 Å². The number of hydrogen-bond donors (Lipinski definition) is 3. The second kappa shape index (κ2) is 10.8. The van der Waals surface area contributed by atoms with E-state index in [1.165, 1.54) is 0 Å². The summed E-state index contributed by atoms with van der Waals surface area (Å²) in [5.74, 6) is 0.618. The second-order valence-corrected chi connectivity index (χ2v) is 5.49. The highest BCUT2D eigenvalue weighted by Crippen LogP contribution is 2.02. The molecule has 0 aliphatic carbocycles. The number of amides is 2. The van der Waals surface area contributed by atoms with E-state index in [0.29, 0.717) is 44.4 Å². The maximum Gasteiger partial charge on any atom is 0.221 e. The maximum absolute atomic E-state index is 11.4. The average molecular weight is 271 g/mol. The Morgan fingerprint density at radius 3 is 1.84 bits per heavy atom. The molecule has 0 spiro atoms. The number of hydrogen-bond acceptors (Lipinski definition) is 3. The quantitative estimate of drug-likeness (QED) is 0.520. The molecular weight excluding hydrogens is 242 g/mol. The average Bonchev–Trinajstić information content (AvgIpc) is 2.31. The monoisotopic (exact) mass is 271 g/mol. The van der Waals surface area contributed by atoms with E-state index >= 15 is 0 Å². The zero-order valence-electron chi connectivity index (χ0n) is 12.7. The first-order valence-electron chi connectivity index (χ1n) is 7.18. The Morgan fingerprint density at radius 2 is 1.37 bits per heavy atom. The predicted molar refractivity (Wildman–Crippen MR) is 77.8 cm³/mol. The molecule has 0 fully saturated rings. The Morgan fingerprint density at radius 1 is 0.842 bits per heavy atom. The fourth-order valence-electron chi connectivity index (χ4n) is 1.47. The molecule has 0 unspecified atom stereocenters. The Kier molecular flexibility index (Phi) is 10.2. The van der Waals surface area contributed by atoms with Crippen molar-refractivity contribution in [3.8, 4) is 0 Å². The lowest BCUT2D eigenvalue weighted by Crippen LogP contribution is -2.36. The SMILES string of the molecule is CC(C)CCC(=O)NCCNC(=O)CCNC(C)C. The normalized spacial score (nSPS) is 10.8. The molecule has 0 radical (unpaired) electrons. The molecular formula is C14H29N3O2. The molecule has 5 heteroatoms. The second-order valence-electron chi connectivity index (χ2n) is 5.49. The van der Waals surface area contributed by atoms with E-state index in [-0.39, 0.29) is 11.8 Å². The van der Waals surface area contributed by atoms with Crippen LogP contribution in [0.2, 0.25) is 0 Å². The smallest absolute Gasteiger partial charge is 0.221 e. The summed E-state index contributed by atoms with van der Waals surface area (Å²) in [5, 5.41) is 8.76. The standard InChI is InChI=1S/C14H29N3O2/c1-11(2)5-6-13(18)16-9-10-17-14(19)7-8-15-12(3)4/h11-12,15H,5-10H2,1-4H3,(H,16,18)(H,17,19). The van der Waals surface area contributed by atoms with Gasteiger partial charge in [-0.2, -0.15) is 0 Å². The number of carbonyl (C=O) groups excluding carboxylic acids is 2. The van der Waals surface area contributed by atoms with Crippen LogP contribution in [-0.4, -0.2) is 37.5 Å². The molecule has 0 rings (SSSR count). The van der Waals surface area contributed by atoms with Gasteiger partial charge in [-0.3, -0.25) is 9.59 Å². The van der Waals surface area contributed by atoms with E-state index in [0.717, 1.165) is 6.42 Å². The largest absolute Gasteiger partial charge is 0.354 e. The molecule has 112 valence electrons. The van der Waals surface area contributed by atoms with E-state index in [9.17, 15) is 9.59 Å². The van der Waals surface area contributed by atoms with Crippen LogP contribution in [-0.2, 0) is 9.59 Å². The minimum atomic E-state index is 0.0181. The summed E-state index contributed by atoms with van der Waals surface area (Å²) in [4.78, 5) is 22.8. The molecule has 19 heavy (non-hydrogen) atoms. The molecule has 3 N–H and O–H groups in total. The molecule has 0 saturated heterocycles. The van der Waals surface area contributed by atoms with Gasteiger partial charge in [0, 0.05) is 38.5 Å². The molecule has 2 amide bonds. The molecule has 0 aromatic rings. The van der Waals surface area contributed by atoms with Crippen molar-refractivity contribution < 1.29 is 9.59 Å². The first-order valence-corrected chi connectivity index (χ1v) is 7.18. The summed E-state index contributed by atoms with van der Waals surface area (Å²) in [6, 6.07) is 0.396. The van der Waals surface area contributed by atoms with E-state index in [2.05, 4.69) is 29.8 Å². The van der Waals surface area contributed by atoms with Crippen LogP contribution in [0.25, 0.3) is 0 Å². The van der Waals surface area contributed by atoms with Crippen LogP contribution in [0.15, 0.2) is 0 Å². The van der Waals surface area contributed by atoms with Crippen LogP contribution in [0.4, 0.5) is 0 Å². The Labute approximate surface area is 116 Å². The van der Waals surface area contributed by atoms with Gasteiger partial charge in [0.15, 0.2) is 0 Å². The summed E-state index contributed by atoms with van der Waals surface area (Å²) in [6.45, 7) is 9.96. The highest BCUT2D eigenvalue weighted by atomic mass is 16.2. The Bertz CT molecular complexity index is 265. The molecule has 0 atom stereocenters. The van der Waals surface area contributed by atoms with Crippen molar-refractivity contribution >= 4 is 11.8 Å². The van der Waals surface area contributed by atoms with Crippen molar-refractivity contribution in [3.05, 3.63) is 0 Å². The van der Waals surface area contributed by atoms with Crippen LogP contribution >= 0.6 is 0 Å². The molecule has 0 aromatic heterocycles. The Balaban J connectivity index is 3.42. The van der Waals surface area contributed by atoms with Crippen molar-refractivity contribution in [3.63, 3.8) is 0 Å². The first kappa shape index (κ1) is 17.9. The summed E-state index contributed by atoms with van der Waals surface area (Å²) in [7, 11) is 0. The van der Waals surface area contributed by atoms with Crippen molar-refractivity contribution in [2.45, 2.75) is 53.0 Å².